The van der Waals surface area contributed by atoms with Crippen molar-refractivity contribution >= 4 is 18.7 Å². The van der Waals surface area contributed by atoms with Crippen LogP contribution in [0, 0.1) is 0 Å². The van der Waals surface area contributed by atoms with Gasteiger partial charge in [0.15, 0.2) is 0 Å². The predicted octanol–water partition coefficient (Wildman–Crippen LogP) is 5.46. The van der Waals surface area contributed by atoms with Crippen molar-refractivity contribution in [3.05, 3.63) is 72.3 Å². The lowest BCUT2D eigenvalue weighted by Crippen LogP contribution is -2.66. The quantitative estimate of drug-likeness (QED) is 0.360. The van der Waals surface area contributed by atoms with Gasteiger partial charge in [-0.3, -0.25) is 0 Å². The summed E-state index contributed by atoms with van der Waals surface area (Å²) in [5.41, 5.74) is -0.575. The maximum absolute atomic E-state index is 12.7. The smallest absolute Gasteiger partial charge is 0.407 e. The van der Waals surface area contributed by atoms with Crippen LogP contribution in [0.15, 0.2) is 72.3 Å². The Bertz CT molecular complexity index is 707. The number of alkyl halides is 3. The summed E-state index contributed by atoms with van der Waals surface area (Å²) in [6.45, 7) is 7.80. The highest BCUT2D eigenvalue weighted by molar-refractivity contribution is 6.99. The summed E-state index contributed by atoms with van der Waals surface area (Å²) in [4.78, 5) is 0. The first kappa shape index (κ1) is 21.4. The molecule has 0 atom stereocenters. The molecule has 0 heterocycles. The molecule has 0 saturated heterocycles. The van der Waals surface area contributed by atoms with Crippen LogP contribution in [0.3, 0.4) is 0 Å². The van der Waals surface area contributed by atoms with Gasteiger partial charge in [0.2, 0.25) is 0 Å². The van der Waals surface area contributed by atoms with E-state index in [0.29, 0.717) is 0 Å². The SMILES string of the molecule is CC(=CCCO[Si](c1ccccc1)(c1ccccc1)C(C)(C)C)C(F)(F)F. The zero-order valence-electron chi connectivity index (χ0n) is 16.3. The molecule has 0 spiro atoms. The Morgan fingerprint density at radius 2 is 1.33 bits per heavy atom. The topological polar surface area (TPSA) is 9.23 Å². The van der Waals surface area contributed by atoms with Crippen molar-refractivity contribution in [3.8, 4) is 0 Å². The molecular weight excluding hydrogens is 365 g/mol. The molecule has 0 amide bonds. The molecule has 0 aliphatic carbocycles. The van der Waals surface area contributed by atoms with E-state index in [1.54, 1.807) is 0 Å². The summed E-state index contributed by atoms with van der Waals surface area (Å²) in [5.74, 6) is 0. The molecule has 2 aromatic rings. The Kier molecular flexibility index (Phi) is 6.71. The average Bonchev–Trinajstić information content (AvgIpc) is 2.61. The second-order valence-electron chi connectivity index (χ2n) is 7.69. The van der Waals surface area contributed by atoms with Gasteiger partial charge in [-0.05, 0) is 28.8 Å². The van der Waals surface area contributed by atoms with Crippen LogP contribution in [0.4, 0.5) is 13.2 Å². The summed E-state index contributed by atoms with van der Waals surface area (Å²) < 4.78 is 44.7. The fourth-order valence-electron chi connectivity index (χ4n) is 3.36. The maximum Gasteiger partial charge on any atom is 0.412 e. The van der Waals surface area contributed by atoms with Gasteiger partial charge in [-0.15, -0.1) is 0 Å². The fourth-order valence-corrected chi connectivity index (χ4v) is 7.94. The van der Waals surface area contributed by atoms with Crippen molar-refractivity contribution in [1.82, 2.24) is 0 Å². The standard InChI is InChI=1S/C22H27F3OSi/c1-18(22(23,24)25)12-11-17-26-27(21(2,3)4,19-13-7-5-8-14-19)20-15-9-6-10-16-20/h5-10,12-16H,11,17H2,1-4H3. The van der Waals surface area contributed by atoms with E-state index in [9.17, 15) is 13.2 Å². The van der Waals surface area contributed by atoms with Crippen molar-refractivity contribution in [2.45, 2.75) is 45.3 Å². The number of hydrogen-bond acceptors (Lipinski definition) is 1. The summed E-state index contributed by atoms with van der Waals surface area (Å²) >= 11 is 0. The predicted molar refractivity (Wildman–Crippen MR) is 108 cm³/mol. The van der Waals surface area contributed by atoms with Crippen LogP contribution < -0.4 is 10.4 Å². The molecule has 0 bridgehead atoms. The lowest BCUT2D eigenvalue weighted by molar-refractivity contribution is -0.0916. The van der Waals surface area contributed by atoms with Crippen LogP contribution in [-0.4, -0.2) is 21.1 Å². The molecule has 0 fully saturated rings. The number of allylic oxidation sites excluding steroid dienone is 1. The van der Waals surface area contributed by atoms with Gasteiger partial charge in [-0.1, -0.05) is 87.5 Å². The van der Waals surface area contributed by atoms with Gasteiger partial charge >= 0.3 is 6.18 Å². The van der Waals surface area contributed by atoms with E-state index in [1.165, 1.54) is 6.08 Å². The van der Waals surface area contributed by atoms with Gasteiger partial charge in [0.25, 0.3) is 8.32 Å². The van der Waals surface area contributed by atoms with Crippen molar-refractivity contribution in [2.75, 3.05) is 6.61 Å². The molecule has 0 N–H and O–H groups in total. The number of hydrogen-bond donors (Lipinski definition) is 0. The van der Waals surface area contributed by atoms with E-state index >= 15 is 0 Å². The van der Waals surface area contributed by atoms with Crippen molar-refractivity contribution in [2.24, 2.45) is 0 Å². The van der Waals surface area contributed by atoms with Gasteiger partial charge in [0.1, 0.15) is 0 Å². The van der Waals surface area contributed by atoms with Crippen molar-refractivity contribution in [1.29, 1.82) is 0 Å². The van der Waals surface area contributed by atoms with Crippen LogP contribution in [0.25, 0.3) is 0 Å². The van der Waals surface area contributed by atoms with Crippen LogP contribution in [0.2, 0.25) is 5.04 Å². The molecule has 5 heteroatoms. The Balaban J connectivity index is 2.41. The third-order valence-electron chi connectivity index (χ3n) is 4.75. The highest BCUT2D eigenvalue weighted by Crippen LogP contribution is 2.36. The first-order valence-corrected chi connectivity index (χ1v) is 11.0. The molecule has 0 aromatic heterocycles. The Hall–Kier alpha value is -1.85. The Morgan fingerprint density at radius 1 is 0.889 bits per heavy atom. The van der Waals surface area contributed by atoms with Crippen molar-refractivity contribution < 1.29 is 17.6 Å². The molecule has 0 radical (unpaired) electrons. The molecular formula is C22H27F3OSi. The highest BCUT2D eigenvalue weighted by atomic mass is 28.4. The minimum Gasteiger partial charge on any atom is -0.407 e. The minimum atomic E-state index is -4.28. The lowest BCUT2D eigenvalue weighted by atomic mass is 10.2. The van der Waals surface area contributed by atoms with E-state index in [-0.39, 0.29) is 18.1 Å². The summed E-state index contributed by atoms with van der Waals surface area (Å²) in [5, 5.41) is 2.07. The third kappa shape index (κ3) is 4.90. The van der Waals surface area contributed by atoms with E-state index in [4.69, 9.17) is 4.43 Å². The highest BCUT2D eigenvalue weighted by Gasteiger charge is 2.49. The van der Waals surface area contributed by atoms with Gasteiger partial charge < -0.3 is 4.43 Å². The second kappa shape index (κ2) is 8.44. The summed E-state index contributed by atoms with van der Waals surface area (Å²) in [6, 6.07) is 20.2. The van der Waals surface area contributed by atoms with E-state index in [1.807, 2.05) is 36.4 Å². The third-order valence-corrected chi connectivity index (χ3v) is 9.79. The van der Waals surface area contributed by atoms with Crippen LogP contribution in [0.5, 0.6) is 0 Å². The second-order valence-corrected chi connectivity index (χ2v) is 12.0. The minimum absolute atomic E-state index is 0.182. The molecule has 1 nitrogen and oxygen atoms in total. The van der Waals surface area contributed by atoms with Crippen LogP contribution >= 0.6 is 0 Å². The van der Waals surface area contributed by atoms with Gasteiger partial charge in [0.05, 0.1) is 0 Å². The van der Waals surface area contributed by atoms with Crippen LogP contribution in [-0.2, 0) is 4.43 Å². The van der Waals surface area contributed by atoms with Gasteiger partial charge in [-0.25, -0.2) is 0 Å². The average molecular weight is 393 g/mol. The summed E-state index contributed by atoms with van der Waals surface area (Å²) in [7, 11) is -2.68. The molecule has 27 heavy (non-hydrogen) atoms. The first-order valence-electron chi connectivity index (χ1n) is 9.08. The molecule has 0 saturated carbocycles. The molecule has 2 aromatic carbocycles. The fraction of sp³-hybridized carbons (Fsp3) is 0.364. The molecule has 2 rings (SSSR count). The molecule has 0 aliphatic rings. The maximum atomic E-state index is 12.7. The van der Waals surface area contributed by atoms with Crippen LogP contribution in [0.1, 0.15) is 34.1 Å². The molecule has 146 valence electrons. The Morgan fingerprint density at radius 3 is 1.70 bits per heavy atom. The largest absolute Gasteiger partial charge is 0.412 e. The number of rotatable bonds is 6. The zero-order chi connectivity index (χ0) is 20.1. The summed E-state index contributed by atoms with van der Waals surface area (Å²) in [6.07, 6.45) is -2.83. The normalized spacial score (nSPS) is 13.7. The first-order chi connectivity index (χ1) is 12.6. The van der Waals surface area contributed by atoms with Gasteiger partial charge in [0, 0.05) is 12.2 Å². The zero-order valence-corrected chi connectivity index (χ0v) is 17.3. The Labute approximate surface area is 161 Å². The van der Waals surface area contributed by atoms with E-state index < -0.39 is 20.1 Å². The lowest BCUT2D eigenvalue weighted by Gasteiger charge is -2.43. The van der Waals surface area contributed by atoms with Gasteiger partial charge in [-0.2, -0.15) is 13.2 Å². The van der Waals surface area contributed by atoms with Crippen molar-refractivity contribution in [3.63, 3.8) is 0 Å². The number of benzene rings is 2. The number of halogens is 3. The molecule has 0 unspecified atom stereocenters. The van der Waals surface area contributed by atoms with E-state index in [2.05, 4.69) is 45.0 Å². The molecule has 0 aliphatic heterocycles. The monoisotopic (exact) mass is 392 g/mol. The van der Waals surface area contributed by atoms with E-state index in [0.717, 1.165) is 17.3 Å².